The number of benzene rings is 2. The van der Waals surface area contributed by atoms with Crippen molar-refractivity contribution < 1.29 is 14.3 Å². The van der Waals surface area contributed by atoms with Crippen LogP contribution in [0.1, 0.15) is 10.6 Å². The predicted molar refractivity (Wildman–Crippen MR) is 116 cm³/mol. The molecule has 1 heterocycles. The van der Waals surface area contributed by atoms with E-state index in [0.717, 1.165) is 0 Å². The number of phenols is 1. The van der Waals surface area contributed by atoms with E-state index in [-0.39, 0.29) is 26.7 Å². The van der Waals surface area contributed by atoms with E-state index in [9.17, 15) is 9.90 Å². The van der Waals surface area contributed by atoms with Crippen LogP contribution in [-0.4, -0.2) is 16.1 Å². The summed E-state index contributed by atoms with van der Waals surface area (Å²) in [7, 11) is 0. The van der Waals surface area contributed by atoms with E-state index in [1.54, 1.807) is 24.3 Å². The predicted octanol–water partition coefficient (Wildman–Crippen LogP) is 6.39. The summed E-state index contributed by atoms with van der Waals surface area (Å²) in [6, 6.07) is 11.0. The van der Waals surface area contributed by atoms with Gasteiger partial charge >= 0.3 is 0 Å². The summed E-state index contributed by atoms with van der Waals surface area (Å²) in [4.78, 5) is 12.3. The number of aromatic hydroxyl groups is 1. The number of phenolic OH excluding ortho intramolecular Hbond substituents is 1. The molecular weight excluding hydrogens is 466 g/mol. The number of hydrogen-bond acceptors (Lipinski definition) is 4. The maximum Gasteiger partial charge on any atom is 0.293 e. The first-order chi connectivity index (χ1) is 13.3. The zero-order chi connectivity index (χ0) is 20.4. The van der Waals surface area contributed by atoms with Crippen molar-refractivity contribution in [3.8, 4) is 17.1 Å². The molecule has 0 aliphatic heterocycles. The lowest BCUT2D eigenvalue weighted by atomic mass is 10.2. The van der Waals surface area contributed by atoms with E-state index in [0.29, 0.717) is 27.1 Å². The molecule has 5 nitrogen and oxygen atoms in total. The van der Waals surface area contributed by atoms with Gasteiger partial charge in [0, 0.05) is 11.3 Å². The number of carbonyl (C=O) groups is 1. The van der Waals surface area contributed by atoms with E-state index >= 15 is 0 Å². The van der Waals surface area contributed by atoms with Gasteiger partial charge in [0.05, 0.1) is 20.1 Å². The average molecular weight is 476 g/mol. The zero-order valence-corrected chi connectivity index (χ0v) is 17.6. The molecule has 0 spiro atoms. The van der Waals surface area contributed by atoms with Crippen molar-refractivity contribution in [2.24, 2.45) is 0 Å². The number of rotatable bonds is 3. The zero-order valence-electron chi connectivity index (χ0n) is 13.7. The van der Waals surface area contributed by atoms with Crippen molar-refractivity contribution in [1.29, 1.82) is 0 Å². The van der Waals surface area contributed by atoms with Crippen molar-refractivity contribution in [2.45, 2.75) is 0 Å². The molecule has 1 aromatic heterocycles. The summed E-state index contributed by atoms with van der Waals surface area (Å²) in [5, 5.41) is 15.5. The number of amides is 1. The lowest BCUT2D eigenvalue weighted by molar-refractivity contribution is 0.0951. The summed E-state index contributed by atoms with van der Waals surface area (Å²) in [6.45, 7) is 0. The Morgan fingerprint density at radius 1 is 1.00 bits per heavy atom. The van der Waals surface area contributed by atoms with Gasteiger partial charge in [-0.1, -0.05) is 52.5 Å². The van der Waals surface area contributed by atoms with E-state index in [1.165, 1.54) is 18.2 Å². The summed E-state index contributed by atoms with van der Waals surface area (Å²) < 4.78 is 5.55. The summed E-state index contributed by atoms with van der Waals surface area (Å²) >= 11 is 29.0. The van der Waals surface area contributed by atoms with Gasteiger partial charge in [0.1, 0.15) is 5.76 Å². The second-order valence-corrected chi connectivity index (χ2v) is 7.47. The summed E-state index contributed by atoms with van der Waals surface area (Å²) in [6.07, 6.45) is 0. The van der Waals surface area contributed by atoms with E-state index in [1.807, 2.05) is 0 Å². The van der Waals surface area contributed by atoms with Crippen LogP contribution in [0.3, 0.4) is 0 Å². The normalized spacial score (nSPS) is 10.6. The van der Waals surface area contributed by atoms with Crippen molar-refractivity contribution in [3.63, 3.8) is 0 Å². The minimum atomic E-state index is -0.571. The molecular formula is C18H10Cl4N2O3S. The molecule has 3 aromatic rings. The fourth-order valence-corrected chi connectivity index (χ4v) is 3.35. The van der Waals surface area contributed by atoms with Crippen LogP contribution >= 0.6 is 58.6 Å². The minimum absolute atomic E-state index is 0.0124. The monoisotopic (exact) mass is 474 g/mol. The maximum absolute atomic E-state index is 12.3. The van der Waals surface area contributed by atoms with Crippen LogP contribution in [0.25, 0.3) is 11.3 Å². The lowest BCUT2D eigenvalue weighted by Gasteiger charge is -2.10. The maximum atomic E-state index is 12.3. The van der Waals surface area contributed by atoms with Crippen LogP contribution in [0.2, 0.25) is 20.1 Å². The Bertz CT molecular complexity index is 1060. The molecule has 0 aliphatic rings. The van der Waals surface area contributed by atoms with Crippen molar-refractivity contribution in [3.05, 3.63) is 68.3 Å². The molecule has 1 amide bonds. The van der Waals surface area contributed by atoms with E-state index < -0.39 is 5.91 Å². The second-order valence-electron chi connectivity index (χ2n) is 5.46. The van der Waals surface area contributed by atoms with Gasteiger partial charge in [0.25, 0.3) is 5.91 Å². The second kappa shape index (κ2) is 8.59. The van der Waals surface area contributed by atoms with Crippen LogP contribution in [0.4, 0.5) is 5.69 Å². The van der Waals surface area contributed by atoms with Gasteiger partial charge in [-0.05, 0) is 48.6 Å². The third-order valence-electron chi connectivity index (χ3n) is 3.55. The molecule has 2 aromatic carbocycles. The molecule has 0 saturated carbocycles. The van der Waals surface area contributed by atoms with E-state index in [4.69, 9.17) is 63.0 Å². The fourth-order valence-electron chi connectivity index (χ4n) is 2.26. The SMILES string of the molecule is O=C(NC(=S)Nc1cc(Cl)c(O)c(Cl)c1)c1ccc(-c2cccc(Cl)c2Cl)o1. The highest BCUT2D eigenvalue weighted by atomic mass is 35.5. The molecule has 0 atom stereocenters. The Balaban J connectivity index is 1.71. The van der Waals surface area contributed by atoms with Crippen LogP contribution in [0.15, 0.2) is 46.9 Å². The summed E-state index contributed by atoms with van der Waals surface area (Å²) in [5.41, 5.74) is 0.950. The Kier molecular flexibility index (Phi) is 6.37. The van der Waals surface area contributed by atoms with Gasteiger partial charge in [-0.25, -0.2) is 0 Å². The van der Waals surface area contributed by atoms with Crippen molar-refractivity contribution in [1.82, 2.24) is 5.32 Å². The number of carbonyl (C=O) groups excluding carboxylic acids is 1. The molecule has 0 fully saturated rings. The van der Waals surface area contributed by atoms with Crippen molar-refractivity contribution in [2.75, 3.05) is 5.32 Å². The molecule has 144 valence electrons. The molecule has 0 saturated heterocycles. The first kappa shape index (κ1) is 20.8. The Hall–Kier alpha value is -1.96. The highest BCUT2D eigenvalue weighted by Gasteiger charge is 2.16. The topological polar surface area (TPSA) is 74.5 Å². The smallest absolute Gasteiger partial charge is 0.293 e. The van der Waals surface area contributed by atoms with Gasteiger partial charge in [-0.3, -0.25) is 10.1 Å². The Morgan fingerprint density at radius 3 is 2.36 bits per heavy atom. The third-order valence-corrected chi connectivity index (χ3v) is 5.15. The fraction of sp³-hybridized carbons (Fsp3) is 0. The molecule has 0 radical (unpaired) electrons. The standard InChI is InChI=1S/C18H10Cl4N2O3S/c19-10-3-1-2-9(15(10)22)13-4-5-14(27-13)17(26)24-18(28)23-8-6-11(20)16(25)12(21)7-8/h1-7,25H,(H2,23,24,26,28). The molecule has 3 rings (SSSR count). The Labute approximate surface area is 185 Å². The number of anilines is 1. The number of halogens is 4. The quantitative estimate of drug-likeness (QED) is 0.302. The summed E-state index contributed by atoms with van der Waals surface area (Å²) in [5.74, 6) is -0.407. The number of thiocarbonyl (C=S) groups is 1. The lowest BCUT2D eigenvalue weighted by Crippen LogP contribution is -2.33. The first-order valence-electron chi connectivity index (χ1n) is 7.61. The van der Waals surface area contributed by atoms with Gasteiger partial charge in [-0.15, -0.1) is 0 Å². The van der Waals surface area contributed by atoms with Crippen molar-refractivity contribution >= 4 is 75.3 Å². The van der Waals surface area contributed by atoms with Gasteiger partial charge in [0.15, 0.2) is 16.6 Å². The van der Waals surface area contributed by atoms with Crippen LogP contribution in [-0.2, 0) is 0 Å². The molecule has 28 heavy (non-hydrogen) atoms. The highest BCUT2D eigenvalue weighted by Crippen LogP contribution is 2.35. The molecule has 0 unspecified atom stereocenters. The van der Waals surface area contributed by atoms with Gasteiger partial charge in [0.2, 0.25) is 0 Å². The minimum Gasteiger partial charge on any atom is -0.505 e. The van der Waals surface area contributed by atoms with Gasteiger partial charge < -0.3 is 14.8 Å². The highest BCUT2D eigenvalue weighted by molar-refractivity contribution is 7.80. The average Bonchev–Trinajstić information content (AvgIpc) is 3.12. The van der Waals surface area contributed by atoms with Crippen LogP contribution in [0.5, 0.6) is 5.75 Å². The number of hydrogen-bond donors (Lipinski definition) is 3. The van der Waals surface area contributed by atoms with Gasteiger partial charge in [-0.2, -0.15) is 0 Å². The van der Waals surface area contributed by atoms with E-state index in [2.05, 4.69) is 10.6 Å². The van der Waals surface area contributed by atoms with Crippen LogP contribution < -0.4 is 10.6 Å². The molecule has 0 bridgehead atoms. The first-order valence-corrected chi connectivity index (χ1v) is 9.53. The molecule has 3 N–H and O–H groups in total. The third kappa shape index (κ3) is 4.54. The number of nitrogens with one attached hydrogen (secondary N) is 2. The Morgan fingerprint density at radius 2 is 1.68 bits per heavy atom. The number of furan rings is 1. The van der Waals surface area contributed by atoms with Crippen LogP contribution in [0, 0.1) is 0 Å². The molecule has 0 aliphatic carbocycles. The molecule has 10 heteroatoms. The largest absolute Gasteiger partial charge is 0.505 e.